The summed E-state index contributed by atoms with van der Waals surface area (Å²) in [6, 6.07) is 0. The maximum atomic E-state index is 12.7. The van der Waals surface area contributed by atoms with Gasteiger partial charge in [0.05, 0.1) is 0 Å². The van der Waals surface area contributed by atoms with Crippen LogP contribution in [0, 0.1) is 0 Å². The van der Waals surface area contributed by atoms with Crippen molar-refractivity contribution in [2.24, 2.45) is 0 Å². The molecule has 6 nitrogen and oxygen atoms in total. The van der Waals surface area contributed by atoms with Crippen molar-refractivity contribution in [2.75, 3.05) is 13.2 Å². The molecule has 0 saturated heterocycles. The van der Waals surface area contributed by atoms with E-state index in [9.17, 15) is 14.4 Å². The summed E-state index contributed by atoms with van der Waals surface area (Å²) in [6.45, 7) is 6.39. The maximum absolute atomic E-state index is 12.7. The van der Waals surface area contributed by atoms with Crippen LogP contribution >= 0.6 is 0 Å². The number of carbonyl (C=O) groups excluding carboxylic acids is 3. The van der Waals surface area contributed by atoms with Gasteiger partial charge in [-0.05, 0) is 77.0 Å². The second-order valence-corrected chi connectivity index (χ2v) is 16.1. The molecule has 6 heteroatoms. The molecule has 1 unspecified atom stereocenters. The van der Waals surface area contributed by atoms with E-state index in [1.807, 2.05) is 48.6 Å². The summed E-state index contributed by atoms with van der Waals surface area (Å²) >= 11 is 0. The zero-order valence-corrected chi connectivity index (χ0v) is 39.8. The highest BCUT2D eigenvalue weighted by molar-refractivity contribution is 5.71. The Balaban J connectivity index is 4.57. The summed E-state index contributed by atoms with van der Waals surface area (Å²) in [7, 11) is 0. The SMILES string of the molecule is CCC/C=C/C=C/C=C/C=C/C=C/CCCCCCCC(=O)OCC(COC(=O)CC/C=C/C/C=C/CCCCCCCC)OC(=O)CC/C=C/C/C=C/CCCCCCCC. The zero-order chi connectivity index (χ0) is 45.1. The van der Waals surface area contributed by atoms with E-state index in [0.29, 0.717) is 19.3 Å². The second-order valence-electron chi connectivity index (χ2n) is 16.1. The monoisotopic (exact) mass is 859 g/mol. The van der Waals surface area contributed by atoms with Gasteiger partial charge < -0.3 is 14.2 Å². The van der Waals surface area contributed by atoms with Crippen molar-refractivity contribution in [3.8, 4) is 0 Å². The van der Waals surface area contributed by atoms with Gasteiger partial charge in [0, 0.05) is 19.3 Å². The van der Waals surface area contributed by atoms with Gasteiger partial charge >= 0.3 is 17.9 Å². The molecule has 0 aliphatic carbocycles. The molecule has 0 aromatic rings. The lowest BCUT2D eigenvalue weighted by Crippen LogP contribution is -2.30. The Bertz CT molecular complexity index is 1310. The van der Waals surface area contributed by atoms with Gasteiger partial charge in [-0.2, -0.15) is 0 Å². The zero-order valence-electron chi connectivity index (χ0n) is 39.8. The van der Waals surface area contributed by atoms with Gasteiger partial charge in [-0.3, -0.25) is 14.4 Å². The number of rotatable bonds is 43. The Morgan fingerprint density at radius 1 is 0.339 bits per heavy atom. The predicted molar refractivity (Wildman–Crippen MR) is 265 cm³/mol. The molecule has 0 saturated carbocycles. The van der Waals surface area contributed by atoms with E-state index < -0.39 is 12.1 Å². The third-order valence-electron chi connectivity index (χ3n) is 10.1. The minimum absolute atomic E-state index is 0.133. The van der Waals surface area contributed by atoms with E-state index in [1.54, 1.807) is 0 Å². The highest BCUT2D eigenvalue weighted by Crippen LogP contribution is 2.11. The van der Waals surface area contributed by atoms with Crippen molar-refractivity contribution in [3.05, 3.63) is 109 Å². The van der Waals surface area contributed by atoms with Crippen LogP contribution in [-0.4, -0.2) is 37.2 Å². The third kappa shape index (κ3) is 47.1. The molecule has 0 N–H and O–H groups in total. The molecular weight excluding hydrogens is 769 g/mol. The van der Waals surface area contributed by atoms with Crippen LogP contribution in [0.4, 0.5) is 0 Å². The molecule has 0 rings (SSSR count). The van der Waals surface area contributed by atoms with E-state index in [0.717, 1.165) is 70.6 Å². The Kier molecular flexibility index (Phi) is 46.6. The van der Waals surface area contributed by atoms with E-state index in [2.05, 4.69) is 81.5 Å². The fourth-order valence-corrected chi connectivity index (χ4v) is 6.34. The van der Waals surface area contributed by atoms with Crippen LogP contribution in [0.25, 0.3) is 0 Å². The number of carbonyl (C=O) groups is 3. The fourth-order valence-electron chi connectivity index (χ4n) is 6.34. The Hall–Kier alpha value is -3.93. The third-order valence-corrected chi connectivity index (χ3v) is 10.1. The molecule has 0 aliphatic heterocycles. The second kappa shape index (κ2) is 49.7. The van der Waals surface area contributed by atoms with E-state index >= 15 is 0 Å². The first kappa shape index (κ1) is 58.1. The van der Waals surface area contributed by atoms with E-state index in [-0.39, 0.29) is 38.0 Å². The number of hydrogen-bond acceptors (Lipinski definition) is 6. The molecule has 0 aromatic carbocycles. The lowest BCUT2D eigenvalue weighted by molar-refractivity contribution is -0.166. The number of ether oxygens (including phenoxy) is 3. The van der Waals surface area contributed by atoms with Crippen LogP contribution in [0.2, 0.25) is 0 Å². The normalized spacial score (nSPS) is 13.0. The summed E-state index contributed by atoms with van der Waals surface area (Å²) in [6.07, 6.45) is 66.6. The Morgan fingerprint density at radius 2 is 0.710 bits per heavy atom. The predicted octanol–water partition coefficient (Wildman–Crippen LogP) is 16.4. The number of hydrogen-bond donors (Lipinski definition) is 0. The molecule has 0 amide bonds. The lowest BCUT2D eigenvalue weighted by Gasteiger charge is -2.18. The molecule has 0 fully saturated rings. The summed E-state index contributed by atoms with van der Waals surface area (Å²) in [5.74, 6) is -1.10. The highest BCUT2D eigenvalue weighted by atomic mass is 16.6. The molecule has 0 spiro atoms. The van der Waals surface area contributed by atoms with Gasteiger partial charge in [-0.1, -0.05) is 220 Å². The molecule has 0 heterocycles. The summed E-state index contributed by atoms with van der Waals surface area (Å²) < 4.78 is 16.6. The molecular formula is C56H90O6. The van der Waals surface area contributed by atoms with Gasteiger partial charge in [-0.25, -0.2) is 0 Å². The molecule has 0 bridgehead atoms. The summed E-state index contributed by atoms with van der Waals surface area (Å²) in [4.78, 5) is 37.8. The van der Waals surface area contributed by atoms with Crippen LogP contribution in [0.5, 0.6) is 0 Å². The van der Waals surface area contributed by atoms with Crippen LogP contribution < -0.4 is 0 Å². The lowest BCUT2D eigenvalue weighted by atomic mass is 10.1. The molecule has 0 aliphatic rings. The maximum Gasteiger partial charge on any atom is 0.306 e. The standard InChI is InChI=1S/C56H90O6/c1-4-7-10-13-16-19-22-25-26-27-28-29-32-34-37-40-43-46-49-55(58)61-52-53(62-56(59)50-47-44-41-38-35-31-24-21-18-15-12-9-6-3)51-60-54(57)48-45-42-39-36-33-30-23-20-17-14-11-8-5-2/h10,13,16,19,22,25-31,33,35,39,41-42,44,53H,4-9,11-12,14-15,17-18,20-21,23-24,32,34,36-38,40,43,45-52H2,1-3H3/b13-10+,19-16+,25-22+,27-26+,29-28+,33-30+,35-31+,42-39+,44-41+. The average molecular weight is 859 g/mol. The molecule has 0 radical (unpaired) electrons. The first-order valence-electron chi connectivity index (χ1n) is 25.0. The first-order chi connectivity index (χ1) is 30.5. The largest absolute Gasteiger partial charge is 0.462 e. The number of esters is 3. The van der Waals surface area contributed by atoms with Gasteiger partial charge in [0.15, 0.2) is 6.10 Å². The van der Waals surface area contributed by atoms with Gasteiger partial charge in [0.2, 0.25) is 0 Å². The molecule has 0 aromatic heterocycles. The minimum Gasteiger partial charge on any atom is -0.462 e. The Labute approximate surface area is 380 Å². The quantitative estimate of drug-likeness (QED) is 0.0200. The molecule has 62 heavy (non-hydrogen) atoms. The fraction of sp³-hybridized carbons (Fsp3) is 0.625. The highest BCUT2D eigenvalue weighted by Gasteiger charge is 2.19. The minimum atomic E-state index is -0.842. The molecule has 1 atom stereocenters. The van der Waals surface area contributed by atoms with Gasteiger partial charge in [0.1, 0.15) is 13.2 Å². The number of allylic oxidation sites excluding steroid dienone is 18. The van der Waals surface area contributed by atoms with Gasteiger partial charge in [-0.15, -0.1) is 0 Å². The van der Waals surface area contributed by atoms with E-state index in [1.165, 1.54) is 83.5 Å². The summed E-state index contributed by atoms with van der Waals surface area (Å²) in [5, 5.41) is 0. The van der Waals surface area contributed by atoms with Crippen molar-refractivity contribution >= 4 is 17.9 Å². The van der Waals surface area contributed by atoms with Crippen molar-refractivity contribution in [3.63, 3.8) is 0 Å². The molecule has 350 valence electrons. The van der Waals surface area contributed by atoms with Crippen molar-refractivity contribution in [1.82, 2.24) is 0 Å². The number of unbranched alkanes of at least 4 members (excludes halogenated alkanes) is 18. The first-order valence-corrected chi connectivity index (χ1v) is 25.0. The summed E-state index contributed by atoms with van der Waals surface area (Å²) in [5.41, 5.74) is 0. The van der Waals surface area contributed by atoms with Gasteiger partial charge in [0.25, 0.3) is 0 Å². The van der Waals surface area contributed by atoms with E-state index in [4.69, 9.17) is 14.2 Å². The van der Waals surface area contributed by atoms with Crippen LogP contribution in [0.1, 0.15) is 207 Å². The topological polar surface area (TPSA) is 78.9 Å². The van der Waals surface area contributed by atoms with Crippen LogP contribution in [0.3, 0.4) is 0 Å². The smallest absolute Gasteiger partial charge is 0.306 e. The van der Waals surface area contributed by atoms with Crippen molar-refractivity contribution in [2.45, 2.75) is 213 Å². The van der Waals surface area contributed by atoms with Crippen molar-refractivity contribution in [1.29, 1.82) is 0 Å². The average Bonchev–Trinajstić information content (AvgIpc) is 3.27. The van der Waals surface area contributed by atoms with Crippen LogP contribution in [0.15, 0.2) is 109 Å². The van der Waals surface area contributed by atoms with Crippen LogP contribution in [-0.2, 0) is 28.6 Å². The Morgan fingerprint density at radius 3 is 1.19 bits per heavy atom. The van der Waals surface area contributed by atoms with Crippen molar-refractivity contribution < 1.29 is 28.6 Å².